The highest BCUT2D eigenvalue weighted by molar-refractivity contribution is 5.78. The van der Waals surface area contributed by atoms with Crippen LogP contribution in [0, 0.1) is 5.82 Å². The Labute approximate surface area is 119 Å². The van der Waals surface area contributed by atoms with Crippen LogP contribution in [0.1, 0.15) is 31.2 Å². The van der Waals surface area contributed by atoms with Gasteiger partial charge in [-0.2, -0.15) is 0 Å². The van der Waals surface area contributed by atoms with Crippen molar-refractivity contribution < 1.29 is 13.9 Å². The molecule has 1 saturated heterocycles. The number of carbonyl (C=O) groups excluding carboxylic acids is 1. The molecule has 20 heavy (non-hydrogen) atoms. The predicted molar refractivity (Wildman–Crippen MR) is 75.9 cm³/mol. The molecular formula is C16H22FNO2. The van der Waals surface area contributed by atoms with Crippen molar-refractivity contribution >= 4 is 5.91 Å². The van der Waals surface area contributed by atoms with E-state index in [9.17, 15) is 9.18 Å². The van der Waals surface area contributed by atoms with Crippen LogP contribution >= 0.6 is 0 Å². The first-order chi connectivity index (χ1) is 9.65. The molecule has 1 fully saturated rings. The minimum absolute atomic E-state index is 0.0198. The molecule has 1 atom stereocenters. The zero-order valence-corrected chi connectivity index (χ0v) is 12.0. The molecule has 0 N–H and O–H groups in total. The summed E-state index contributed by atoms with van der Waals surface area (Å²) in [5, 5.41) is 0. The van der Waals surface area contributed by atoms with E-state index in [0.717, 1.165) is 31.4 Å². The fourth-order valence-electron chi connectivity index (χ4n) is 2.45. The van der Waals surface area contributed by atoms with Crippen LogP contribution in [0.25, 0.3) is 0 Å². The largest absolute Gasteiger partial charge is 0.378 e. The number of halogens is 1. The van der Waals surface area contributed by atoms with Crippen LogP contribution in [-0.2, 0) is 16.0 Å². The van der Waals surface area contributed by atoms with Gasteiger partial charge in [0, 0.05) is 20.2 Å². The summed E-state index contributed by atoms with van der Waals surface area (Å²) in [6.45, 7) is 1.53. The standard InChI is InChI=1S/C16H22FNO2/c1-18(9-8-15-7-2-3-10-20-15)16(19)12-13-5-4-6-14(17)11-13/h4-6,11,15H,2-3,7-10,12H2,1H3. The summed E-state index contributed by atoms with van der Waals surface area (Å²) in [7, 11) is 1.80. The number of rotatable bonds is 5. The summed E-state index contributed by atoms with van der Waals surface area (Å²) in [6.07, 6.45) is 4.86. The van der Waals surface area contributed by atoms with E-state index < -0.39 is 0 Å². The number of hydrogen-bond acceptors (Lipinski definition) is 2. The zero-order chi connectivity index (χ0) is 14.4. The molecule has 1 aromatic rings. The maximum atomic E-state index is 13.1. The normalized spacial score (nSPS) is 18.8. The van der Waals surface area contributed by atoms with Crippen molar-refractivity contribution in [3.05, 3.63) is 35.6 Å². The van der Waals surface area contributed by atoms with Gasteiger partial charge in [-0.25, -0.2) is 4.39 Å². The van der Waals surface area contributed by atoms with Gasteiger partial charge in [-0.05, 0) is 43.4 Å². The highest BCUT2D eigenvalue weighted by atomic mass is 19.1. The SMILES string of the molecule is CN(CCC1CCCCO1)C(=O)Cc1cccc(F)c1. The molecule has 110 valence electrons. The first kappa shape index (κ1) is 15.0. The second-order valence-corrected chi connectivity index (χ2v) is 5.40. The number of likely N-dealkylation sites (N-methyl/N-ethyl adjacent to an activating group) is 1. The van der Waals surface area contributed by atoms with Gasteiger partial charge in [0.15, 0.2) is 0 Å². The van der Waals surface area contributed by atoms with Crippen molar-refractivity contribution in [1.29, 1.82) is 0 Å². The van der Waals surface area contributed by atoms with Gasteiger partial charge in [0.1, 0.15) is 5.82 Å². The highest BCUT2D eigenvalue weighted by Gasteiger charge is 2.16. The molecule has 3 nitrogen and oxygen atoms in total. The average molecular weight is 279 g/mol. The maximum Gasteiger partial charge on any atom is 0.226 e. The molecule has 0 aromatic heterocycles. The van der Waals surface area contributed by atoms with Crippen LogP contribution in [0.4, 0.5) is 4.39 Å². The van der Waals surface area contributed by atoms with Crippen molar-refractivity contribution in [3.8, 4) is 0 Å². The number of ether oxygens (including phenoxy) is 1. The van der Waals surface area contributed by atoms with E-state index in [4.69, 9.17) is 4.74 Å². The third kappa shape index (κ3) is 4.60. The van der Waals surface area contributed by atoms with Gasteiger partial charge >= 0.3 is 0 Å². The number of nitrogens with zero attached hydrogens (tertiary/aromatic N) is 1. The number of carbonyl (C=O) groups is 1. The molecule has 0 radical (unpaired) electrons. The third-order valence-electron chi connectivity index (χ3n) is 3.73. The first-order valence-electron chi connectivity index (χ1n) is 7.25. The molecule has 0 aliphatic carbocycles. The van der Waals surface area contributed by atoms with Crippen LogP contribution in [-0.4, -0.2) is 37.1 Å². The lowest BCUT2D eigenvalue weighted by atomic mass is 10.1. The van der Waals surface area contributed by atoms with Crippen LogP contribution < -0.4 is 0 Å². The summed E-state index contributed by atoms with van der Waals surface area (Å²) in [6, 6.07) is 6.21. The topological polar surface area (TPSA) is 29.5 Å². The molecule has 0 spiro atoms. The summed E-state index contributed by atoms with van der Waals surface area (Å²) in [5.41, 5.74) is 0.718. The van der Waals surface area contributed by atoms with E-state index >= 15 is 0 Å². The molecule has 1 heterocycles. The van der Waals surface area contributed by atoms with E-state index in [1.54, 1.807) is 24.1 Å². The van der Waals surface area contributed by atoms with E-state index in [0.29, 0.717) is 6.54 Å². The van der Waals surface area contributed by atoms with E-state index in [-0.39, 0.29) is 24.2 Å². The van der Waals surface area contributed by atoms with Gasteiger partial charge in [0.25, 0.3) is 0 Å². The van der Waals surface area contributed by atoms with Crippen LogP contribution in [0.2, 0.25) is 0 Å². The number of benzene rings is 1. The highest BCUT2D eigenvalue weighted by Crippen LogP contribution is 2.16. The Morgan fingerprint density at radius 2 is 2.30 bits per heavy atom. The Kier molecular flexibility index (Phi) is 5.53. The molecule has 0 bridgehead atoms. The summed E-state index contributed by atoms with van der Waals surface area (Å²) in [5.74, 6) is -0.278. The Bertz CT molecular complexity index is 444. The van der Waals surface area contributed by atoms with E-state index in [1.807, 2.05) is 0 Å². The Morgan fingerprint density at radius 1 is 1.45 bits per heavy atom. The molecular weight excluding hydrogens is 257 g/mol. The third-order valence-corrected chi connectivity index (χ3v) is 3.73. The second-order valence-electron chi connectivity index (χ2n) is 5.40. The molecule has 0 saturated carbocycles. The quantitative estimate of drug-likeness (QED) is 0.829. The Morgan fingerprint density at radius 3 is 3.00 bits per heavy atom. The second kappa shape index (κ2) is 7.39. The van der Waals surface area contributed by atoms with Crippen LogP contribution in [0.5, 0.6) is 0 Å². The van der Waals surface area contributed by atoms with Crippen molar-refractivity contribution in [1.82, 2.24) is 4.90 Å². The monoisotopic (exact) mass is 279 g/mol. The van der Waals surface area contributed by atoms with E-state index in [2.05, 4.69) is 0 Å². The van der Waals surface area contributed by atoms with Gasteiger partial charge < -0.3 is 9.64 Å². The lowest BCUT2D eigenvalue weighted by Crippen LogP contribution is -2.32. The summed E-state index contributed by atoms with van der Waals surface area (Å²) in [4.78, 5) is 13.8. The molecule has 4 heteroatoms. The fourth-order valence-corrected chi connectivity index (χ4v) is 2.45. The minimum Gasteiger partial charge on any atom is -0.378 e. The number of amides is 1. The van der Waals surface area contributed by atoms with Crippen LogP contribution in [0.3, 0.4) is 0 Å². The van der Waals surface area contributed by atoms with Gasteiger partial charge in [0.05, 0.1) is 12.5 Å². The van der Waals surface area contributed by atoms with Crippen molar-refractivity contribution in [2.75, 3.05) is 20.2 Å². The minimum atomic E-state index is -0.298. The first-order valence-corrected chi connectivity index (χ1v) is 7.25. The lowest BCUT2D eigenvalue weighted by Gasteiger charge is -2.25. The Hall–Kier alpha value is -1.42. The number of hydrogen-bond donors (Lipinski definition) is 0. The molecule has 1 aliphatic rings. The van der Waals surface area contributed by atoms with Crippen molar-refractivity contribution in [2.24, 2.45) is 0 Å². The smallest absolute Gasteiger partial charge is 0.226 e. The van der Waals surface area contributed by atoms with Gasteiger partial charge in [0.2, 0.25) is 5.91 Å². The summed E-state index contributed by atoms with van der Waals surface area (Å²) >= 11 is 0. The summed E-state index contributed by atoms with van der Waals surface area (Å²) < 4.78 is 18.7. The van der Waals surface area contributed by atoms with Crippen molar-refractivity contribution in [3.63, 3.8) is 0 Å². The zero-order valence-electron chi connectivity index (χ0n) is 12.0. The molecule has 1 aliphatic heterocycles. The maximum absolute atomic E-state index is 13.1. The van der Waals surface area contributed by atoms with E-state index in [1.165, 1.54) is 18.6 Å². The van der Waals surface area contributed by atoms with Crippen molar-refractivity contribution in [2.45, 2.75) is 38.2 Å². The molecule has 1 amide bonds. The molecule has 2 rings (SSSR count). The fraction of sp³-hybridized carbons (Fsp3) is 0.562. The van der Waals surface area contributed by atoms with Gasteiger partial charge in [-0.3, -0.25) is 4.79 Å². The predicted octanol–water partition coefficient (Wildman–Crippen LogP) is 2.79. The van der Waals surface area contributed by atoms with Gasteiger partial charge in [-0.1, -0.05) is 12.1 Å². The van der Waals surface area contributed by atoms with Crippen LogP contribution in [0.15, 0.2) is 24.3 Å². The van der Waals surface area contributed by atoms with Gasteiger partial charge in [-0.15, -0.1) is 0 Å². The lowest BCUT2D eigenvalue weighted by molar-refractivity contribution is -0.129. The molecule has 1 unspecified atom stereocenters. The average Bonchev–Trinajstić information content (AvgIpc) is 2.46. The molecule has 1 aromatic carbocycles. The Balaban J connectivity index is 1.76.